The molecule has 0 aromatic heterocycles. The van der Waals surface area contributed by atoms with Gasteiger partial charge >= 0.3 is 0 Å². The maximum absolute atomic E-state index is 5.91. The Balaban J connectivity index is 1.68. The van der Waals surface area contributed by atoms with Gasteiger partial charge in [-0.25, -0.2) is 0 Å². The van der Waals surface area contributed by atoms with Gasteiger partial charge < -0.3 is 15.5 Å². The zero-order valence-corrected chi connectivity index (χ0v) is 9.99. The molecule has 0 aromatic rings. The standard InChI is InChI=1S/C12H25N3/c1-14-7-3-2-4-12(14)6-9-15-8-5-11(13)10-15/h11-12H,2-10,13H2,1H3/t11-,12?/m0/s1. The molecule has 0 bridgehead atoms. The van der Waals surface area contributed by atoms with Gasteiger partial charge in [-0.1, -0.05) is 6.42 Å². The molecule has 3 heteroatoms. The maximum atomic E-state index is 5.91. The van der Waals surface area contributed by atoms with Crippen molar-refractivity contribution in [2.75, 3.05) is 33.2 Å². The third-order valence-electron chi connectivity index (χ3n) is 4.01. The molecule has 2 fully saturated rings. The van der Waals surface area contributed by atoms with Crippen LogP contribution in [0.5, 0.6) is 0 Å². The van der Waals surface area contributed by atoms with E-state index in [0.717, 1.165) is 12.6 Å². The second-order valence-electron chi connectivity index (χ2n) is 5.27. The van der Waals surface area contributed by atoms with Crippen LogP contribution in [-0.4, -0.2) is 55.1 Å². The largest absolute Gasteiger partial charge is 0.326 e. The van der Waals surface area contributed by atoms with Crippen molar-refractivity contribution in [3.63, 3.8) is 0 Å². The quantitative estimate of drug-likeness (QED) is 0.752. The molecule has 2 atom stereocenters. The van der Waals surface area contributed by atoms with E-state index in [1.165, 1.54) is 51.7 Å². The second kappa shape index (κ2) is 5.28. The fourth-order valence-corrected chi connectivity index (χ4v) is 2.91. The van der Waals surface area contributed by atoms with Crippen LogP contribution in [0.25, 0.3) is 0 Å². The molecule has 2 aliphatic rings. The highest BCUT2D eigenvalue weighted by atomic mass is 15.2. The molecule has 0 radical (unpaired) electrons. The van der Waals surface area contributed by atoms with Gasteiger partial charge in [0.05, 0.1) is 0 Å². The van der Waals surface area contributed by atoms with Crippen molar-refractivity contribution in [1.82, 2.24) is 9.80 Å². The van der Waals surface area contributed by atoms with E-state index in [2.05, 4.69) is 16.8 Å². The lowest BCUT2D eigenvalue weighted by Crippen LogP contribution is -2.39. The number of hydrogen-bond acceptors (Lipinski definition) is 3. The third kappa shape index (κ3) is 3.16. The van der Waals surface area contributed by atoms with Crippen LogP contribution in [-0.2, 0) is 0 Å². The van der Waals surface area contributed by atoms with Gasteiger partial charge in [0.2, 0.25) is 0 Å². The molecule has 0 saturated carbocycles. The third-order valence-corrected chi connectivity index (χ3v) is 4.01. The van der Waals surface area contributed by atoms with Crippen LogP contribution < -0.4 is 5.73 Å². The van der Waals surface area contributed by atoms with Gasteiger partial charge in [0.15, 0.2) is 0 Å². The minimum atomic E-state index is 0.439. The van der Waals surface area contributed by atoms with Crippen LogP contribution in [0.2, 0.25) is 0 Å². The van der Waals surface area contributed by atoms with Crippen molar-refractivity contribution in [3.8, 4) is 0 Å². The van der Waals surface area contributed by atoms with E-state index in [4.69, 9.17) is 5.73 Å². The fraction of sp³-hybridized carbons (Fsp3) is 1.00. The summed E-state index contributed by atoms with van der Waals surface area (Å²) in [7, 11) is 2.28. The zero-order chi connectivity index (χ0) is 10.7. The minimum absolute atomic E-state index is 0.439. The van der Waals surface area contributed by atoms with E-state index in [9.17, 15) is 0 Å². The van der Waals surface area contributed by atoms with Crippen molar-refractivity contribution in [2.24, 2.45) is 5.73 Å². The number of piperidine rings is 1. The smallest absolute Gasteiger partial charge is 0.0180 e. The molecule has 2 heterocycles. The van der Waals surface area contributed by atoms with E-state index in [1.54, 1.807) is 0 Å². The van der Waals surface area contributed by atoms with Crippen molar-refractivity contribution >= 4 is 0 Å². The molecule has 2 saturated heterocycles. The lowest BCUT2D eigenvalue weighted by Gasteiger charge is -2.33. The number of nitrogens with two attached hydrogens (primary N) is 1. The summed E-state index contributed by atoms with van der Waals surface area (Å²) >= 11 is 0. The Labute approximate surface area is 93.6 Å². The van der Waals surface area contributed by atoms with Crippen molar-refractivity contribution in [2.45, 2.75) is 44.2 Å². The molecule has 2 rings (SSSR count). The Morgan fingerprint density at radius 1 is 1.20 bits per heavy atom. The highest BCUT2D eigenvalue weighted by Crippen LogP contribution is 2.19. The molecule has 0 amide bonds. The normalized spacial score (nSPS) is 34.8. The molecule has 1 unspecified atom stereocenters. The highest BCUT2D eigenvalue weighted by Gasteiger charge is 2.22. The van der Waals surface area contributed by atoms with E-state index in [0.29, 0.717) is 6.04 Å². The molecule has 2 N–H and O–H groups in total. The molecule has 15 heavy (non-hydrogen) atoms. The molecule has 88 valence electrons. The first-order valence-corrected chi connectivity index (χ1v) is 6.44. The van der Waals surface area contributed by atoms with Crippen molar-refractivity contribution < 1.29 is 0 Å². The van der Waals surface area contributed by atoms with Gasteiger partial charge in [-0.15, -0.1) is 0 Å². The first kappa shape index (κ1) is 11.4. The van der Waals surface area contributed by atoms with Crippen molar-refractivity contribution in [1.29, 1.82) is 0 Å². The molecule has 0 aromatic carbocycles. The molecular weight excluding hydrogens is 186 g/mol. The van der Waals surface area contributed by atoms with Crippen LogP contribution in [0.15, 0.2) is 0 Å². The first-order chi connectivity index (χ1) is 7.25. The Morgan fingerprint density at radius 3 is 2.73 bits per heavy atom. The van der Waals surface area contributed by atoms with Gasteiger partial charge in [0.1, 0.15) is 0 Å². The molecule has 0 aliphatic carbocycles. The van der Waals surface area contributed by atoms with Crippen molar-refractivity contribution in [3.05, 3.63) is 0 Å². The highest BCUT2D eigenvalue weighted by molar-refractivity contribution is 4.80. The topological polar surface area (TPSA) is 32.5 Å². The predicted octanol–water partition coefficient (Wildman–Crippen LogP) is 0.894. The lowest BCUT2D eigenvalue weighted by atomic mass is 10.00. The first-order valence-electron chi connectivity index (χ1n) is 6.44. The van der Waals surface area contributed by atoms with Crippen LogP contribution in [0.4, 0.5) is 0 Å². The monoisotopic (exact) mass is 211 g/mol. The number of rotatable bonds is 3. The molecule has 3 nitrogen and oxygen atoms in total. The van der Waals surface area contributed by atoms with E-state index < -0.39 is 0 Å². The number of hydrogen-bond donors (Lipinski definition) is 1. The Bertz CT molecular complexity index is 195. The summed E-state index contributed by atoms with van der Waals surface area (Å²) in [6.45, 7) is 4.89. The summed E-state index contributed by atoms with van der Waals surface area (Å²) in [5.74, 6) is 0. The zero-order valence-electron chi connectivity index (χ0n) is 9.99. The predicted molar refractivity (Wildman–Crippen MR) is 63.9 cm³/mol. The molecule has 2 aliphatic heterocycles. The van der Waals surface area contributed by atoms with E-state index >= 15 is 0 Å². The van der Waals surface area contributed by atoms with Crippen LogP contribution >= 0.6 is 0 Å². The van der Waals surface area contributed by atoms with E-state index in [1.807, 2.05) is 0 Å². The van der Waals surface area contributed by atoms with E-state index in [-0.39, 0.29) is 0 Å². The second-order valence-corrected chi connectivity index (χ2v) is 5.27. The summed E-state index contributed by atoms with van der Waals surface area (Å²) in [5, 5.41) is 0. The Hall–Kier alpha value is -0.120. The van der Waals surface area contributed by atoms with Crippen LogP contribution in [0, 0.1) is 0 Å². The van der Waals surface area contributed by atoms with Crippen LogP contribution in [0.3, 0.4) is 0 Å². The minimum Gasteiger partial charge on any atom is -0.326 e. The number of likely N-dealkylation sites (tertiary alicyclic amines) is 2. The Kier molecular flexibility index (Phi) is 4.00. The summed E-state index contributed by atoms with van der Waals surface area (Å²) < 4.78 is 0. The van der Waals surface area contributed by atoms with Gasteiger partial charge in [-0.05, 0) is 52.4 Å². The molecular formula is C12H25N3. The van der Waals surface area contributed by atoms with Gasteiger partial charge in [-0.3, -0.25) is 0 Å². The summed E-state index contributed by atoms with van der Waals surface area (Å²) in [6.07, 6.45) is 6.75. The summed E-state index contributed by atoms with van der Waals surface area (Å²) in [4.78, 5) is 5.08. The fourth-order valence-electron chi connectivity index (χ4n) is 2.91. The van der Waals surface area contributed by atoms with Gasteiger partial charge in [0, 0.05) is 18.6 Å². The maximum Gasteiger partial charge on any atom is 0.0180 e. The summed E-state index contributed by atoms with van der Waals surface area (Å²) in [5.41, 5.74) is 5.91. The van der Waals surface area contributed by atoms with Crippen LogP contribution in [0.1, 0.15) is 32.1 Å². The SMILES string of the molecule is CN1CCCCC1CCN1CC[C@H](N)C1. The number of nitrogens with zero attached hydrogens (tertiary/aromatic N) is 2. The molecule has 0 spiro atoms. The van der Waals surface area contributed by atoms with Gasteiger partial charge in [0.25, 0.3) is 0 Å². The Morgan fingerprint density at radius 2 is 2.07 bits per heavy atom. The summed E-state index contributed by atoms with van der Waals surface area (Å²) in [6, 6.07) is 1.27. The average molecular weight is 211 g/mol. The average Bonchev–Trinajstić information content (AvgIpc) is 2.63. The van der Waals surface area contributed by atoms with Gasteiger partial charge in [-0.2, -0.15) is 0 Å². The lowest BCUT2D eigenvalue weighted by molar-refractivity contribution is 0.160.